The molecule has 2 aromatic heterocycles. The number of ether oxygens (including phenoxy) is 2. The molecule has 0 spiro atoms. The van der Waals surface area contributed by atoms with Crippen molar-refractivity contribution in [2.45, 2.75) is 52.6 Å². The van der Waals surface area contributed by atoms with Crippen molar-refractivity contribution in [3.05, 3.63) is 12.7 Å². The van der Waals surface area contributed by atoms with Gasteiger partial charge in [0.15, 0.2) is 17.7 Å². The molecule has 4 rings (SSSR count). The average molecular weight is 492 g/mol. The van der Waals surface area contributed by atoms with Crippen LogP contribution in [0.5, 0.6) is 0 Å². The van der Waals surface area contributed by atoms with E-state index in [1.165, 1.54) is 12.7 Å². The second-order valence-corrected chi connectivity index (χ2v) is 11.3. The maximum absolute atomic E-state index is 13.4. The molecule has 13 heteroatoms. The highest BCUT2D eigenvalue weighted by Gasteiger charge is 2.60. The van der Waals surface area contributed by atoms with Crippen LogP contribution in [0, 0.1) is 28.6 Å². The topological polar surface area (TPSA) is 164 Å². The molecular formula is C21H29N6O6P. The van der Waals surface area contributed by atoms with Gasteiger partial charge in [-0.25, -0.2) is 15.0 Å². The minimum atomic E-state index is -3.50. The number of aromatic nitrogens is 4. The van der Waals surface area contributed by atoms with Gasteiger partial charge in [0.25, 0.3) is 0 Å². The lowest BCUT2D eigenvalue weighted by Gasteiger charge is -2.34. The van der Waals surface area contributed by atoms with Crippen molar-refractivity contribution in [2.75, 3.05) is 25.1 Å². The Labute approximate surface area is 197 Å². The van der Waals surface area contributed by atoms with Crippen LogP contribution in [0.15, 0.2) is 12.7 Å². The Hall–Kier alpha value is -2.58. The zero-order valence-corrected chi connectivity index (χ0v) is 20.5. The highest BCUT2D eigenvalue weighted by atomic mass is 31.2. The van der Waals surface area contributed by atoms with Crippen LogP contribution in [0.1, 0.15) is 40.3 Å². The largest absolute Gasteiger partial charge is 0.463 e. The molecule has 2 N–H and O–H groups in total. The summed E-state index contributed by atoms with van der Waals surface area (Å²) in [6.07, 6.45) is 1.79. The predicted molar refractivity (Wildman–Crippen MR) is 120 cm³/mol. The van der Waals surface area contributed by atoms with Gasteiger partial charge in [0, 0.05) is 5.92 Å². The zero-order valence-electron chi connectivity index (χ0n) is 19.6. The Balaban J connectivity index is 1.48. The molecule has 2 aliphatic heterocycles. The smallest absolute Gasteiger partial charge is 0.331 e. The molecular weight excluding hydrogens is 463 g/mol. The molecule has 2 aliphatic rings. The number of rotatable bonds is 7. The zero-order chi connectivity index (χ0) is 24.7. The summed E-state index contributed by atoms with van der Waals surface area (Å²) >= 11 is 0. The van der Waals surface area contributed by atoms with E-state index in [0.717, 1.165) is 0 Å². The van der Waals surface area contributed by atoms with E-state index in [0.29, 0.717) is 17.6 Å². The van der Waals surface area contributed by atoms with E-state index in [2.05, 4.69) is 21.0 Å². The van der Waals surface area contributed by atoms with Crippen LogP contribution in [-0.4, -0.2) is 57.1 Å². The number of carbonyl (C=O) groups is 1. The quantitative estimate of drug-likeness (QED) is 0.446. The SMILES string of the molecule is CC(C)OC(=O)[C@@H](C)CCOP1(=O)C[C@@H]2[C@@H](CO1)O[C@@H](n1cnc3c(N)ncnc31)[C@]2(C)C#N. The molecule has 34 heavy (non-hydrogen) atoms. The van der Waals surface area contributed by atoms with Crippen molar-refractivity contribution in [1.29, 1.82) is 5.26 Å². The van der Waals surface area contributed by atoms with Crippen LogP contribution in [0.3, 0.4) is 0 Å². The number of carbonyl (C=O) groups excluding carboxylic acids is 1. The van der Waals surface area contributed by atoms with Gasteiger partial charge in [-0.15, -0.1) is 0 Å². The fraction of sp³-hybridized carbons (Fsp3) is 0.667. The second-order valence-electron chi connectivity index (χ2n) is 9.21. The molecule has 0 bridgehead atoms. The van der Waals surface area contributed by atoms with Gasteiger partial charge >= 0.3 is 13.6 Å². The predicted octanol–water partition coefficient (Wildman–Crippen LogP) is 2.67. The summed E-state index contributed by atoms with van der Waals surface area (Å²) < 4.78 is 37.7. The first-order valence-electron chi connectivity index (χ1n) is 11.2. The van der Waals surface area contributed by atoms with Crippen LogP contribution in [0.25, 0.3) is 11.2 Å². The molecule has 1 unspecified atom stereocenters. The average Bonchev–Trinajstić information content (AvgIpc) is 3.33. The van der Waals surface area contributed by atoms with E-state index in [-0.39, 0.29) is 37.3 Å². The minimum absolute atomic E-state index is 0.0183. The Morgan fingerprint density at radius 1 is 1.41 bits per heavy atom. The van der Waals surface area contributed by atoms with Crippen molar-refractivity contribution in [3.8, 4) is 6.07 Å². The normalized spacial score (nSPS) is 31.8. The molecule has 6 atom stereocenters. The molecule has 0 amide bonds. The summed E-state index contributed by atoms with van der Waals surface area (Å²) in [6, 6.07) is 2.36. The van der Waals surface area contributed by atoms with Gasteiger partial charge in [0.05, 0.1) is 49.9 Å². The minimum Gasteiger partial charge on any atom is -0.463 e. The Morgan fingerprint density at radius 3 is 2.88 bits per heavy atom. The van der Waals surface area contributed by atoms with Crippen LogP contribution < -0.4 is 5.73 Å². The third-order valence-corrected chi connectivity index (χ3v) is 8.32. The highest BCUT2D eigenvalue weighted by Crippen LogP contribution is 2.62. The summed E-state index contributed by atoms with van der Waals surface area (Å²) in [4.78, 5) is 24.5. The van der Waals surface area contributed by atoms with Crippen molar-refractivity contribution < 1.29 is 27.9 Å². The Kier molecular flexibility index (Phi) is 6.66. The second kappa shape index (κ2) is 9.23. The van der Waals surface area contributed by atoms with Crippen LogP contribution >= 0.6 is 7.60 Å². The van der Waals surface area contributed by atoms with Crippen molar-refractivity contribution >= 4 is 30.5 Å². The number of anilines is 1. The van der Waals surface area contributed by atoms with E-state index in [4.69, 9.17) is 24.3 Å². The lowest BCUT2D eigenvalue weighted by Crippen LogP contribution is -2.38. The first-order valence-corrected chi connectivity index (χ1v) is 12.9. The van der Waals surface area contributed by atoms with Crippen molar-refractivity contribution in [1.82, 2.24) is 19.5 Å². The standard InChI is InChI=1S/C21H29N6O6P/c1-12(2)32-19(28)13(3)5-6-30-34(29)8-14-15(7-31-34)33-20(21(14,4)9-22)27-11-26-16-17(23)24-10-25-18(16)27/h10-15,20H,5-8H2,1-4H3,(H2,23,24,25)/t13-,14+,15+,20+,21+,34?/m0/s1. The fourth-order valence-electron chi connectivity index (χ4n) is 4.37. The van der Waals surface area contributed by atoms with Crippen molar-refractivity contribution in [3.63, 3.8) is 0 Å². The van der Waals surface area contributed by atoms with Crippen LogP contribution in [0.4, 0.5) is 5.82 Å². The molecule has 2 fully saturated rings. The van der Waals surface area contributed by atoms with Crippen LogP contribution in [-0.2, 0) is 27.9 Å². The lowest BCUT2D eigenvalue weighted by molar-refractivity contribution is -0.152. The van der Waals surface area contributed by atoms with Gasteiger partial charge in [-0.3, -0.25) is 13.9 Å². The van der Waals surface area contributed by atoms with Gasteiger partial charge in [0.1, 0.15) is 17.3 Å². The monoisotopic (exact) mass is 492 g/mol. The number of nitrogens with zero attached hydrogens (tertiary/aromatic N) is 5. The molecule has 2 aromatic rings. The molecule has 2 saturated heterocycles. The highest BCUT2D eigenvalue weighted by molar-refractivity contribution is 7.53. The summed E-state index contributed by atoms with van der Waals surface area (Å²) in [6.45, 7) is 7.14. The lowest BCUT2D eigenvalue weighted by atomic mass is 9.77. The summed E-state index contributed by atoms with van der Waals surface area (Å²) in [5.74, 6) is -0.922. The van der Waals surface area contributed by atoms with Gasteiger partial charge < -0.3 is 24.3 Å². The summed E-state index contributed by atoms with van der Waals surface area (Å²) in [5.41, 5.74) is 5.69. The number of esters is 1. The summed E-state index contributed by atoms with van der Waals surface area (Å²) in [5, 5.41) is 10.2. The van der Waals surface area contributed by atoms with Gasteiger partial charge in [-0.1, -0.05) is 6.92 Å². The van der Waals surface area contributed by atoms with Crippen molar-refractivity contribution in [2.24, 2.45) is 17.3 Å². The maximum atomic E-state index is 13.4. The number of nitrogens with two attached hydrogens (primary N) is 1. The van der Waals surface area contributed by atoms with Gasteiger partial charge in [0.2, 0.25) is 0 Å². The number of hydrogen-bond donors (Lipinski definition) is 1. The van der Waals surface area contributed by atoms with E-state index < -0.39 is 37.2 Å². The number of hydrogen-bond acceptors (Lipinski definition) is 11. The van der Waals surface area contributed by atoms with Crippen LogP contribution in [0.2, 0.25) is 0 Å². The summed E-state index contributed by atoms with van der Waals surface area (Å²) in [7, 11) is -3.50. The molecule has 4 heterocycles. The third kappa shape index (κ3) is 4.41. The number of fused-ring (bicyclic) bond motifs is 2. The molecule has 0 radical (unpaired) electrons. The maximum Gasteiger partial charge on any atom is 0.331 e. The Morgan fingerprint density at radius 2 is 2.18 bits per heavy atom. The molecule has 12 nitrogen and oxygen atoms in total. The third-order valence-electron chi connectivity index (χ3n) is 6.37. The van der Waals surface area contributed by atoms with E-state index in [9.17, 15) is 14.6 Å². The van der Waals surface area contributed by atoms with E-state index in [1.54, 1.807) is 32.3 Å². The molecule has 0 aliphatic carbocycles. The molecule has 0 aromatic carbocycles. The Bertz CT molecular complexity index is 1160. The molecule has 184 valence electrons. The molecule has 0 saturated carbocycles. The van der Waals surface area contributed by atoms with E-state index in [1.807, 2.05) is 0 Å². The first-order chi connectivity index (χ1) is 16.1. The van der Waals surface area contributed by atoms with Gasteiger partial charge in [-0.2, -0.15) is 5.26 Å². The van der Waals surface area contributed by atoms with Gasteiger partial charge in [-0.05, 0) is 27.2 Å². The number of nitriles is 1. The van der Waals surface area contributed by atoms with E-state index >= 15 is 0 Å². The number of nitrogen functional groups attached to an aromatic ring is 1. The fourth-order valence-corrected chi connectivity index (χ4v) is 6.51. The number of imidazole rings is 1. The first kappa shape index (κ1) is 24.5.